The van der Waals surface area contributed by atoms with Crippen molar-refractivity contribution in [2.24, 2.45) is 0 Å². The van der Waals surface area contributed by atoms with Gasteiger partial charge in [-0.2, -0.15) is 5.10 Å². The maximum Gasteiger partial charge on any atom is 0.360 e. The van der Waals surface area contributed by atoms with Crippen LogP contribution < -0.4 is 5.43 Å². The van der Waals surface area contributed by atoms with Crippen molar-refractivity contribution in [2.75, 3.05) is 0 Å². The lowest BCUT2D eigenvalue weighted by atomic mass is 10.1. The first-order chi connectivity index (χ1) is 11.0. The summed E-state index contributed by atoms with van der Waals surface area (Å²) in [5, 5.41) is 22.4. The normalized spacial score (nSPS) is 10.5. The molecule has 0 aliphatic heterocycles. The second kappa shape index (κ2) is 6.87. The van der Waals surface area contributed by atoms with Crippen LogP contribution in [0.1, 0.15) is 46.3 Å². The molecule has 2 aromatic rings. The van der Waals surface area contributed by atoms with E-state index in [1.807, 2.05) is 6.92 Å². The third-order valence-electron chi connectivity index (χ3n) is 3.37. The number of benzene rings is 1. The van der Waals surface area contributed by atoms with Gasteiger partial charge >= 0.3 is 11.9 Å². The summed E-state index contributed by atoms with van der Waals surface area (Å²) in [6.45, 7) is 1.93. The van der Waals surface area contributed by atoms with Gasteiger partial charge in [0.2, 0.25) is 11.1 Å². The van der Waals surface area contributed by atoms with Crippen LogP contribution in [0.4, 0.5) is 0 Å². The predicted octanol–water partition coefficient (Wildman–Crippen LogP) is 1.97. The van der Waals surface area contributed by atoms with Crippen molar-refractivity contribution in [3.63, 3.8) is 0 Å². The number of nitrogens with zero attached hydrogens (tertiary/aromatic N) is 2. The molecule has 7 heteroatoms. The summed E-state index contributed by atoms with van der Waals surface area (Å²) >= 11 is 0. The molecule has 120 valence electrons. The van der Waals surface area contributed by atoms with Crippen molar-refractivity contribution in [3.05, 3.63) is 57.5 Å². The third kappa shape index (κ3) is 3.28. The fourth-order valence-corrected chi connectivity index (χ4v) is 2.28. The van der Waals surface area contributed by atoms with Gasteiger partial charge in [-0.25, -0.2) is 14.3 Å². The first kappa shape index (κ1) is 16.4. The van der Waals surface area contributed by atoms with Crippen LogP contribution in [0, 0.1) is 0 Å². The van der Waals surface area contributed by atoms with Crippen LogP contribution in [0.2, 0.25) is 0 Å². The number of rotatable bonds is 6. The molecular weight excluding hydrogens is 300 g/mol. The van der Waals surface area contributed by atoms with Crippen molar-refractivity contribution < 1.29 is 19.8 Å². The Morgan fingerprint density at radius 2 is 1.78 bits per heavy atom. The summed E-state index contributed by atoms with van der Waals surface area (Å²) in [7, 11) is 0. The van der Waals surface area contributed by atoms with Crippen LogP contribution >= 0.6 is 0 Å². The highest BCUT2D eigenvalue weighted by molar-refractivity contribution is 5.93. The maximum atomic E-state index is 12.2. The molecule has 1 heterocycles. The van der Waals surface area contributed by atoms with Gasteiger partial charge in [-0.1, -0.05) is 31.5 Å². The molecule has 0 saturated carbocycles. The van der Waals surface area contributed by atoms with Gasteiger partial charge in [0, 0.05) is 0 Å². The topological polar surface area (TPSA) is 109 Å². The van der Waals surface area contributed by atoms with Crippen LogP contribution in [0.3, 0.4) is 0 Å². The van der Waals surface area contributed by atoms with E-state index in [0.717, 1.165) is 6.42 Å². The molecule has 0 amide bonds. The summed E-state index contributed by atoms with van der Waals surface area (Å²) in [5.74, 6) is -3.00. The Kier molecular flexibility index (Phi) is 4.90. The Hall–Kier alpha value is -2.96. The summed E-state index contributed by atoms with van der Waals surface area (Å²) in [4.78, 5) is 34.9. The van der Waals surface area contributed by atoms with E-state index in [0.29, 0.717) is 18.5 Å². The van der Waals surface area contributed by atoms with Gasteiger partial charge in [0.15, 0.2) is 0 Å². The number of hydrogen-bond acceptors (Lipinski definition) is 4. The average Bonchev–Trinajstić information content (AvgIpc) is 2.52. The Bertz CT molecular complexity index is 796. The lowest BCUT2D eigenvalue weighted by molar-refractivity contribution is 0.0685. The highest BCUT2D eigenvalue weighted by atomic mass is 16.4. The number of carboxylic acids is 2. The van der Waals surface area contributed by atoms with E-state index in [2.05, 4.69) is 5.10 Å². The molecule has 0 saturated heterocycles. The monoisotopic (exact) mass is 316 g/mol. The van der Waals surface area contributed by atoms with Crippen molar-refractivity contribution >= 4 is 11.9 Å². The van der Waals surface area contributed by atoms with Crippen molar-refractivity contribution in [2.45, 2.75) is 26.2 Å². The molecule has 23 heavy (non-hydrogen) atoms. The van der Waals surface area contributed by atoms with Crippen LogP contribution in [0.15, 0.2) is 35.1 Å². The van der Waals surface area contributed by atoms with E-state index in [4.69, 9.17) is 5.11 Å². The molecule has 0 fully saturated rings. The molecule has 0 unspecified atom stereocenters. The molecular formula is C16H16N2O5. The number of unbranched alkanes of at least 4 members (excludes halogenated alkanes) is 1. The van der Waals surface area contributed by atoms with Crippen LogP contribution in [0.25, 0.3) is 5.69 Å². The maximum absolute atomic E-state index is 12.2. The second-order valence-corrected chi connectivity index (χ2v) is 4.96. The Balaban J connectivity index is 2.84. The number of para-hydroxylation sites is 1. The van der Waals surface area contributed by atoms with Gasteiger partial charge in [-0.15, -0.1) is 0 Å². The standard InChI is InChI=1S/C16H16N2O5/c1-2-3-9-11-12(15(20)21)14(19)13(16(22)23)17-18(11)10-7-5-4-6-8-10/h4-8H,2-3,9H2,1H3,(H,20,21)(H,22,23). The first-order valence-electron chi connectivity index (χ1n) is 7.15. The number of hydrogen-bond donors (Lipinski definition) is 2. The third-order valence-corrected chi connectivity index (χ3v) is 3.37. The van der Waals surface area contributed by atoms with E-state index in [-0.39, 0.29) is 5.69 Å². The zero-order valence-corrected chi connectivity index (χ0v) is 12.5. The molecule has 1 aromatic heterocycles. The van der Waals surface area contributed by atoms with Crippen molar-refractivity contribution in [1.82, 2.24) is 9.78 Å². The quantitative estimate of drug-likeness (QED) is 0.843. The summed E-state index contributed by atoms with van der Waals surface area (Å²) in [5.41, 5.74) is -1.69. The Labute approximate surface area is 131 Å². The first-order valence-corrected chi connectivity index (χ1v) is 7.15. The van der Waals surface area contributed by atoms with Crippen LogP contribution in [0.5, 0.6) is 0 Å². The minimum absolute atomic E-state index is 0.209. The van der Waals surface area contributed by atoms with E-state index < -0.39 is 28.6 Å². The molecule has 1 aromatic carbocycles. The molecule has 0 aliphatic carbocycles. The molecule has 0 bridgehead atoms. The van der Waals surface area contributed by atoms with E-state index in [1.54, 1.807) is 30.3 Å². The van der Waals surface area contributed by atoms with Gasteiger partial charge in [0.25, 0.3) is 0 Å². The molecule has 2 N–H and O–H groups in total. The molecule has 0 spiro atoms. The summed E-state index contributed by atoms with van der Waals surface area (Å²) in [6, 6.07) is 8.56. The van der Waals surface area contributed by atoms with Gasteiger partial charge in [0.05, 0.1) is 11.4 Å². The fraction of sp³-hybridized carbons (Fsp3) is 0.250. The summed E-state index contributed by atoms with van der Waals surface area (Å²) in [6.07, 6.45) is 1.76. The SMILES string of the molecule is CCCCc1c(C(=O)O)c(=O)c(C(=O)O)nn1-c1ccccc1. The fourth-order valence-electron chi connectivity index (χ4n) is 2.28. The largest absolute Gasteiger partial charge is 0.477 e. The van der Waals surface area contributed by atoms with E-state index >= 15 is 0 Å². The number of aromatic carboxylic acids is 2. The smallest absolute Gasteiger partial charge is 0.360 e. The van der Waals surface area contributed by atoms with Gasteiger partial charge in [-0.3, -0.25) is 4.79 Å². The van der Waals surface area contributed by atoms with Crippen LogP contribution in [-0.2, 0) is 6.42 Å². The molecule has 0 aliphatic rings. The Morgan fingerprint density at radius 3 is 2.30 bits per heavy atom. The molecule has 2 rings (SSSR count). The Morgan fingerprint density at radius 1 is 1.13 bits per heavy atom. The van der Waals surface area contributed by atoms with Gasteiger partial charge < -0.3 is 10.2 Å². The molecule has 0 atom stereocenters. The van der Waals surface area contributed by atoms with Gasteiger partial charge in [0.1, 0.15) is 5.56 Å². The van der Waals surface area contributed by atoms with E-state index in [9.17, 15) is 19.5 Å². The highest BCUT2D eigenvalue weighted by Gasteiger charge is 2.25. The lowest BCUT2D eigenvalue weighted by Crippen LogP contribution is -2.31. The van der Waals surface area contributed by atoms with Crippen molar-refractivity contribution in [1.29, 1.82) is 0 Å². The minimum atomic E-state index is -1.55. The number of carbonyl (C=O) groups is 2. The van der Waals surface area contributed by atoms with Crippen molar-refractivity contribution in [3.8, 4) is 5.69 Å². The lowest BCUT2D eigenvalue weighted by Gasteiger charge is -2.15. The molecule has 7 nitrogen and oxygen atoms in total. The molecule has 0 radical (unpaired) electrons. The average molecular weight is 316 g/mol. The number of carboxylic acid groups (broad SMARTS) is 2. The zero-order chi connectivity index (χ0) is 17.0. The number of aromatic nitrogens is 2. The van der Waals surface area contributed by atoms with Gasteiger partial charge in [-0.05, 0) is 25.0 Å². The predicted molar refractivity (Wildman–Crippen MR) is 82.4 cm³/mol. The minimum Gasteiger partial charge on any atom is -0.477 e. The van der Waals surface area contributed by atoms with E-state index in [1.165, 1.54) is 4.68 Å². The van der Waals surface area contributed by atoms with Crippen LogP contribution in [-0.4, -0.2) is 31.9 Å². The summed E-state index contributed by atoms with van der Waals surface area (Å²) < 4.78 is 1.24. The second-order valence-electron chi connectivity index (χ2n) is 4.96. The zero-order valence-electron chi connectivity index (χ0n) is 12.5. The highest BCUT2D eigenvalue weighted by Crippen LogP contribution is 2.15.